The maximum atomic E-state index is 14.9. The summed E-state index contributed by atoms with van der Waals surface area (Å²) in [6.07, 6.45) is 0. The number of tetrazole rings is 1. The van der Waals surface area contributed by atoms with E-state index in [1.54, 1.807) is 13.8 Å². The molecule has 0 N–H and O–H groups in total. The van der Waals surface area contributed by atoms with Crippen LogP contribution < -0.4 is 15.3 Å². The Morgan fingerprint density at radius 1 is 0.952 bits per heavy atom. The lowest BCUT2D eigenvalue weighted by molar-refractivity contribution is 0.0469. The molecule has 0 saturated heterocycles. The molecule has 218 valence electrons. The lowest BCUT2D eigenvalue weighted by Crippen LogP contribution is -2.45. The van der Waals surface area contributed by atoms with Crippen LogP contribution in [0.4, 0.5) is 14.9 Å². The molecule has 0 aliphatic rings. The van der Waals surface area contributed by atoms with E-state index in [-0.39, 0.29) is 29.2 Å². The van der Waals surface area contributed by atoms with E-state index in [4.69, 9.17) is 9.47 Å². The number of hydrogen-bond acceptors (Lipinski definition) is 8. The summed E-state index contributed by atoms with van der Waals surface area (Å²) in [5.74, 6) is -1.95. The van der Waals surface area contributed by atoms with Crippen molar-refractivity contribution in [1.29, 1.82) is 0 Å². The van der Waals surface area contributed by atoms with Gasteiger partial charge < -0.3 is 14.4 Å². The summed E-state index contributed by atoms with van der Waals surface area (Å²) in [6, 6.07) is 15.8. The summed E-state index contributed by atoms with van der Waals surface area (Å²) in [5.41, 5.74) is -0.607. The van der Waals surface area contributed by atoms with E-state index < -0.39 is 41.1 Å². The summed E-state index contributed by atoms with van der Waals surface area (Å²) < 4.78 is 26.7. The minimum atomic E-state index is -1.10. The van der Waals surface area contributed by atoms with E-state index in [0.717, 1.165) is 11.6 Å². The van der Waals surface area contributed by atoms with E-state index in [2.05, 4.69) is 10.4 Å². The number of anilines is 1. The number of ether oxygens (including phenoxy) is 2. The number of para-hydroxylation sites is 1. The van der Waals surface area contributed by atoms with Crippen molar-refractivity contribution in [2.45, 2.75) is 26.5 Å². The third-order valence-electron chi connectivity index (χ3n) is 6.21. The molecule has 4 rings (SSSR count). The molecule has 0 fully saturated rings. The van der Waals surface area contributed by atoms with Crippen LogP contribution in [0.15, 0.2) is 71.5 Å². The fraction of sp³-hybridized carbons (Fsp3) is 0.241. The topological polar surface area (TPSA) is 129 Å². The summed E-state index contributed by atoms with van der Waals surface area (Å²) in [5, 5.41) is 7.38. The molecule has 13 heteroatoms. The molecule has 3 aromatic carbocycles. The molecule has 0 saturated carbocycles. The molecule has 0 atom stereocenters. The average Bonchev–Trinajstić information content (AvgIpc) is 3.36. The van der Waals surface area contributed by atoms with Gasteiger partial charge >= 0.3 is 17.7 Å². The zero-order valence-electron chi connectivity index (χ0n) is 23.6. The standard InChI is InChI=1S/C29H29FN6O6/c1-18(2)34(20-14-15-24(41-5)22(16-20)27(38)42-17-19-10-7-6-8-11-19)28(39)36-29(40)35(31-32-36)25-21(26(37)33(3)4)12-9-13-23(25)30/h6-16,18H,17H2,1-5H3. The second-order valence-electron chi connectivity index (χ2n) is 9.61. The molecule has 0 unspecified atom stereocenters. The zero-order chi connectivity index (χ0) is 30.6. The Labute approximate surface area is 240 Å². The number of carbonyl (C=O) groups excluding carboxylic acids is 3. The number of halogens is 1. The van der Waals surface area contributed by atoms with Gasteiger partial charge in [-0.2, -0.15) is 4.68 Å². The molecule has 42 heavy (non-hydrogen) atoms. The fourth-order valence-corrected chi connectivity index (χ4v) is 4.19. The highest BCUT2D eigenvalue weighted by atomic mass is 19.1. The summed E-state index contributed by atoms with van der Waals surface area (Å²) in [7, 11) is 4.34. The number of amides is 2. The summed E-state index contributed by atoms with van der Waals surface area (Å²) >= 11 is 0. The van der Waals surface area contributed by atoms with Gasteiger partial charge in [0.25, 0.3) is 5.91 Å². The summed E-state index contributed by atoms with van der Waals surface area (Å²) in [6.45, 7) is 3.40. The molecule has 1 heterocycles. The van der Waals surface area contributed by atoms with Gasteiger partial charge in [-0.3, -0.25) is 9.69 Å². The van der Waals surface area contributed by atoms with E-state index in [0.29, 0.717) is 9.36 Å². The molecule has 0 bridgehead atoms. The van der Waals surface area contributed by atoms with Gasteiger partial charge in [-0.15, -0.1) is 4.68 Å². The quantitative estimate of drug-likeness (QED) is 0.230. The van der Waals surface area contributed by atoms with Crippen LogP contribution >= 0.6 is 0 Å². The van der Waals surface area contributed by atoms with Crippen LogP contribution in [0.25, 0.3) is 5.69 Å². The van der Waals surface area contributed by atoms with Crippen LogP contribution in [0.5, 0.6) is 5.75 Å². The normalized spacial score (nSPS) is 10.8. The lowest BCUT2D eigenvalue weighted by Gasteiger charge is -2.26. The van der Waals surface area contributed by atoms with Crippen LogP contribution in [-0.2, 0) is 11.3 Å². The summed E-state index contributed by atoms with van der Waals surface area (Å²) in [4.78, 5) is 55.1. The van der Waals surface area contributed by atoms with Gasteiger partial charge in [0, 0.05) is 25.8 Å². The van der Waals surface area contributed by atoms with Gasteiger partial charge in [0.05, 0.1) is 12.7 Å². The molecule has 4 aromatic rings. The van der Waals surface area contributed by atoms with Crippen molar-refractivity contribution in [2.24, 2.45) is 0 Å². The van der Waals surface area contributed by atoms with E-state index in [1.807, 2.05) is 30.3 Å². The highest BCUT2D eigenvalue weighted by molar-refractivity contribution is 5.98. The second kappa shape index (κ2) is 12.5. The molecular weight excluding hydrogens is 547 g/mol. The van der Waals surface area contributed by atoms with Gasteiger partial charge in [0.15, 0.2) is 0 Å². The average molecular weight is 577 g/mol. The van der Waals surface area contributed by atoms with E-state index in [1.165, 1.54) is 61.3 Å². The van der Waals surface area contributed by atoms with Crippen molar-refractivity contribution in [3.63, 3.8) is 0 Å². The van der Waals surface area contributed by atoms with Crippen molar-refractivity contribution >= 4 is 23.6 Å². The number of hydrogen-bond donors (Lipinski definition) is 0. The first-order valence-corrected chi connectivity index (χ1v) is 12.8. The number of carbonyl (C=O) groups is 3. The van der Waals surface area contributed by atoms with Crippen LogP contribution in [0.1, 0.15) is 40.1 Å². The Morgan fingerprint density at radius 3 is 2.31 bits per heavy atom. The molecule has 0 radical (unpaired) electrons. The molecule has 0 aliphatic carbocycles. The first kappa shape index (κ1) is 29.6. The monoisotopic (exact) mass is 576 g/mol. The molecule has 0 aliphatic heterocycles. The fourth-order valence-electron chi connectivity index (χ4n) is 4.19. The minimum Gasteiger partial charge on any atom is -0.496 e. The van der Waals surface area contributed by atoms with Crippen LogP contribution in [0, 0.1) is 5.82 Å². The van der Waals surface area contributed by atoms with Gasteiger partial charge in [-0.05, 0) is 60.2 Å². The second-order valence-corrected chi connectivity index (χ2v) is 9.61. The predicted octanol–water partition coefficient (Wildman–Crippen LogP) is 3.52. The van der Waals surface area contributed by atoms with Crippen molar-refractivity contribution in [3.05, 3.63) is 99.7 Å². The Morgan fingerprint density at radius 2 is 1.67 bits per heavy atom. The van der Waals surface area contributed by atoms with Gasteiger partial charge in [0.2, 0.25) is 0 Å². The lowest BCUT2D eigenvalue weighted by atomic mass is 10.1. The number of benzene rings is 3. The number of aromatic nitrogens is 4. The Hall–Kier alpha value is -5.33. The van der Waals surface area contributed by atoms with E-state index in [9.17, 15) is 23.6 Å². The smallest absolute Gasteiger partial charge is 0.377 e. The Bertz CT molecular complexity index is 1680. The molecule has 1 aromatic heterocycles. The zero-order valence-corrected chi connectivity index (χ0v) is 23.6. The van der Waals surface area contributed by atoms with Gasteiger partial charge in [-0.25, -0.2) is 18.8 Å². The third-order valence-corrected chi connectivity index (χ3v) is 6.21. The number of methoxy groups -OCH3 is 1. The SMILES string of the molecule is COc1ccc(N(C(=O)n2nnn(-c3c(F)cccc3C(=O)N(C)C)c2=O)C(C)C)cc1C(=O)OCc1ccccc1. The number of rotatable bonds is 8. The largest absolute Gasteiger partial charge is 0.496 e. The highest BCUT2D eigenvalue weighted by Crippen LogP contribution is 2.28. The number of esters is 1. The van der Waals surface area contributed by atoms with Crippen LogP contribution in [-0.4, -0.2) is 69.8 Å². The third kappa shape index (κ3) is 5.89. The van der Waals surface area contributed by atoms with Crippen molar-refractivity contribution in [3.8, 4) is 11.4 Å². The van der Waals surface area contributed by atoms with Crippen molar-refractivity contribution < 1.29 is 28.2 Å². The molecule has 12 nitrogen and oxygen atoms in total. The predicted molar refractivity (Wildman–Crippen MR) is 151 cm³/mol. The first-order valence-electron chi connectivity index (χ1n) is 12.8. The van der Waals surface area contributed by atoms with Gasteiger partial charge in [-0.1, -0.05) is 36.4 Å². The van der Waals surface area contributed by atoms with Gasteiger partial charge in [0.1, 0.15) is 29.4 Å². The maximum Gasteiger partial charge on any atom is 0.377 e. The van der Waals surface area contributed by atoms with E-state index >= 15 is 0 Å². The van der Waals surface area contributed by atoms with Crippen LogP contribution in [0.3, 0.4) is 0 Å². The Balaban J connectivity index is 1.70. The highest BCUT2D eigenvalue weighted by Gasteiger charge is 2.29. The molecule has 0 spiro atoms. The first-order chi connectivity index (χ1) is 20.0. The molecule has 2 amide bonds. The van der Waals surface area contributed by atoms with Crippen molar-refractivity contribution in [2.75, 3.05) is 26.1 Å². The minimum absolute atomic E-state index is 0.0206. The molecular formula is C29H29FN6O6. The number of nitrogens with zero attached hydrogens (tertiary/aromatic N) is 6. The Kier molecular flexibility index (Phi) is 8.79. The van der Waals surface area contributed by atoms with Crippen LogP contribution in [0.2, 0.25) is 0 Å². The van der Waals surface area contributed by atoms with Crippen molar-refractivity contribution in [1.82, 2.24) is 24.7 Å². The maximum absolute atomic E-state index is 14.9.